The first kappa shape index (κ1) is 28.0. The molecule has 0 unspecified atom stereocenters. The number of hydrogen-bond acceptors (Lipinski definition) is 7. The number of rotatable bonds is 9. The van der Waals surface area contributed by atoms with Crippen molar-refractivity contribution in [3.8, 4) is 17.2 Å². The van der Waals surface area contributed by atoms with Crippen LogP contribution in [0.4, 0.5) is 0 Å². The summed E-state index contributed by atoms with van der Waals surface area (Å²) in [4.78, 5) is 32.3. The third-order valence-electron chi connectivity index (χ3n) is 6.98. The maximum atomic E-state index is 13.4. The number of carbonyl (C=O) groups is 2. The summed E-state index contributed by atoms with van der Waals surface area (Å²) in [7, 11) is 3.60. The van der Waals surface area contributed by atoms with Crippen LogP contribution in [0.3, 0.4) is 0 Å². The number of nitrogens with zero attached hydrogens (tertiary/aromatic N) is 3. The lowest BCUT2D eigenvalue weighted by Crippen LogP contribution is -2.59. The maximum Gasteiger partial charge on any atom is 0.260 e. The predicted molar refractivity (Wildman–Crippen MR) is 144 cm³/mol. The monoisotopic (exact) mass is 545 g/mol. The number of benzene rings is 2. The van der Waals surface area contributed by atoms with Gasteiger partial charge in [-0.15, -0.1) is 0 Å². The van der Waals surface area contributed by atoms with Gasteiger partial charge in [0.15, 0.2) is 18.1 Å². The van der Waals surface area contributed by atoms with Crippen molar-refractivity contribution in [2.24, 2.45) is 0 Å². The summed E-state index contributed by atoms with van der Waals surface area (Å²) < 4.78 is 23.5. The molecule has 2 aliphatic rings. The average molecular weight is 546 g/mol. The zero-order valence-electron chi connectivity index (χ0n) is 22.3. The van der Waals surface area contributed by atoms with Crippen molar-refractivity contribution >= 4 is 23.4 Å². The van der Waals surface area contributed by atoms with E-state index in [0.717, 1.165) is 18.7 Å². The zero-order valence-corrected chi connectivity index (χ0v) is 23.0. The van der Waals surface area contributed by atoms with Crippen molar-refractivity contribution in [2.45, 2.75) is 18.9 Å². The van der Waals surface area contributed by atoms with E-state index in [0.29, 0.717) is 48.5 Å². The summed E-state index contributed by atoms with van der Waals surface area (Å²) in [6, 6.07) is 12.6. The van der Waals surface area contributed by atoms with Crippen LogP contribution in [0.15, 0.2) is 42.5 Å². The number of morpholine rings is 1. The van der Waals surface area contributed by atoms with Crippen LogP contribution < -0.4 is 14.2 Å². The van der Waals surface area contributed by atoms with Gasteiger partial charge in [0.25, 0.3) is 5.91 Å². The van der Waals surface area contributed by atoms with Gasteiger partial charge in [-0.2, -0.15) is 0 Å². The second-order valence-electron chi connectivity index (χ2n) is 9.85. The lowest BCUT2D eigenvalue weighted by atomic mass is 9.96. The zero-order chi connectivity index (χ0) is 27.1. The summed E-state index contributed by atoms with van der Waals surface area (Å²) in [5, 5.41) is 0.651. The number of likely N-dealkylation sites (N-methyl/N-ethyl adjacent to an activating group) is 1. The van der Waals surface area contributed by atoms with Crippen LogP contribution in [0.1, 0.15) is 12.0 Å². The Morgan fingerprint density at radius 1 is 0.974 bits per heavy atom. The van der Waals surface area contributed by atoms with Gasteiger partial charge in [0.2, 0.25) is 5.91 Å². The standard InChI is InChI=1S/C28H36ClN3O6/c1-21-16-22(8-9-23(21)29)37-20-28(17-26(33)31-12-10-30(2)11-13-31)19-32(14-15-38-28)27(34)18-36-25-7-5-4-6-24(25)35-3/h4-9,16H,10-15,17-20H2,1-3H3/t28-/m0/s1. The Hall–Kier alpha value is -3.01. The van der Waals surface area contributed by atoms with Gasteiger partial charge in [0.1, 0.15) is 18.0 Å². The van der Waals surface area contributed by atoms with Gasteiger partial charge in [0.05, 0.1) is 26.7 Å². The molecule has 2 aliphatic heterocycles. The van der Waals surface area contributed by atoms with E-state index < -0.39 is 5.60 Å². The van der Waals surface area contributed by atoms with Crippen LogP contribution in [0, 0.1) is 6.92 Å². The number of carbonyl (C=O) groups excluding carboxylic acids is 2. The second-order valence-corrected chi connectivity index (χ2v) is 10.3. The molecule has 2 aromatic rings. The molecule has 206 valence electrons. The Morgan fingerprint density at radius 2 is 1.71 bits per heavy atom. The highest BCUT2D eigenvalue weighted by molar-refractivity contribution is 6.31. The Balaban J connectivity index is 1.46. The van der Waals surface area contributed by atoms with Gasteiger partial charge >= 0.3 is 0 Å². The van der Waals surface area contributed by atoms with Crippen molar-refractivity contribution in [1.82, 2.24) is 14.7 Å². The van der Waals surface area contributed by atoms with E-state index in [1.54, 1.807) is 36.3 Å². The van der Waals surface area contributed by atoms with E-state index in [1.165, 1.54) is 0 Å². The third-order valence-corrected chi connectivity index (χ3v) is 7.41. The lowest BCUT2D eigenvalue weighted by Gasteiger charge is -2.43. The largest absolute Gasteiger partial charge is 0.493 e. The number of ether oxygens (including phenoxy) is 4. The molecule has 1 atom stereocenters. The molecule has 0 spiro atoms. The molecular weight excluding hydrogens is 510 g/mol. The molecule has 0 saturated carbocycles. The first-order chi connectivity index (χ1) is 18.3. The Labute approximate surface area is 229 Å². The third kappa shape index (κ3) is 7.09. The molecule has 9 nitrogen and oxygen atoms in total. The van der Waals surface area contributed by atoms with Gasteiger partial charge in [-0.1, -0.05) is 23.7 Å². The van der Waals surface area contributed by atoms with Gasteiger partial charge < -0.3 is 33.6 Å². The van der Waals surface area contributed by atoms with Gasteiger partial charge in [-0.05, 0) is 49.9 Å². The number of methoxy groups -OCH3 is 1. The highest BCUT2D eigenvalue weighted by Crippen LogP contribution is 2.29. The van der Waals surface area contributed by atoms with E-state index in [4.69, 9.17) is 30.5 Å². The number of amides is 2. The molecule has 0 bridgehead atoms. The fourth-order valence-electron chi connectivity index (χ4n) is 4.64. The number of halogens is 1. The van der Waals surface area contributed by atoms with E-state index >= 15 is 0 Å². The van der Waals surface area contributed by atoms with E-state index in [2.05, 4.69) is 4.90 Å². The fraction of sp³-hybridized carbons (Fsp3) is 0.500. The molecule has 0 aliphatic carbocycles. The Bertz CT molecular complexity index is 1120. The van der Waals surface area contributed by atoms with E-state index in [-0.39, 0.29) is 38.0 Å². The molecule has 38 heavy (non-hydrogen) atoms. The quantitative estimate of drug-likeness (QED) is 0.479. The average Bonchev–Trinajstić information content (AvgIpc) is 2.93. The molecule has 2 saturated heterocycles. The van der Waals surface area contributed by atoms with Crippen LogP contribution in [0.2, 0.25) is 5.02 Å². The molecule has 0 radical (unpaired) electrons. The first-order valence-corrected chi connectivity index (χ1v) is 13.2. The summed E-state index contributed by atoms with van der Waals surface area (Å²) in [6.07, 6.45) is 0.112. The topological polar surface area (TPSA) is 80.8 Å². The van der Waals surface area contributed by atoms with Crippen molar-refractivity contribution in [2.75, 3.05) is 73.2 Å². The SMILES string of the molecule is COc1ccccc1OCC(=O)N1CCO[C@@](COc2ccc(Cl)c(C)c2)(CC(=O)N2CCN(C)CC2)C1. The summed E-state index contributed by atoms with van der Waals surface area (Å²) in [5.74, 6) is 1.48. The number of hydrogen-bond donors (Lipinski definition) is 0. The van der Waals surface area contributed by atoms with Crippen molar-refractivity contribution in [1.29, 1.82) is 0 Å². The van der Waals surface area contributed by atoms with Crippen LogP contribution in [-0.4, -0.2) is 105 Å². The molecule has 10 heteroatoms. The number of para-hydroxylation sites is 2. The predicted octanol–water partition coefficient (Wildman–Crippen LogP) is 2.88. The normalized spacial score (nSPS) is 20.2. The second kappa shape index (κ2) is 12.7. The number of piperazine rings is 1. The molecule has 0 N–H and O–H groups in total. The maximum absolute atomic E-state index is 13.4. The molecular formula is C28H36ClN3O6. The van der Waals surface area contributed by atoms with Crippen LogP contribution >= 0.6 is 11.6 Å². The molecule has 2 aromatic carbocycles. The van der Waals surface area contributed by atoms with Crippen LogP contribution in [0.5, 0.6) is 17.2 Å². The molecule has 2 heterocycles. The minimum atomic E-state index is -0.994. The van der Waals surface area contributed by atoms with Crippen molar-refractivity contribution < 1.29 is 28.5 Å². The Kier molecular flexibility index (Phi) is 9.35. The van der Waals surface area contributed by atoms with Crippen LogP contribution in [0.25, 0.3) is 0 Å². The molecule has 2 amide bonds. The van der Waals surface area contributed by atoms with Crippen LogP contribution in [-0.2, 0) is 14.3 Å². The highest BCUT2D eigenvalue weighted by atomic mass is 35.5. The first-order valence-electron chi connectivity index (χ1n) is 12.8. The summed E-state index contributed by atoms with van der Waals surface area (Å²) in [5.41, 5.74) is -0.103. The van der Waals surface area contributed by atoms with Crippen molar-refractivity contribution in [3.05, 3.63) is 53.1 Å². The molecule has 2 fully saturated rings. The highest BCUT2D eigenvalue weighted by Gasteiger charge is 2.42. The fourth-order valence-corrected chi connectivity index (χ4v) is 4.75. The molecule has 4 rings (SSSR count). The smallest absolute Gasteiger partial charge is 0.260 e. The Morgan fingerprint density at radius 3 is 2.42 bits per heavy atom. The number of aryl methyl sites for hydroxylation is 1. The van der Waals surface area contributed by atoms with E-state index in [9.17, 15) is 9.59 Å². The van der Waals surface area contributed by atoms with E-state index in [1.807, 2.05) is 37.1 Å². The summed E-state index contributed by atoms with van der Waals surface area (Å²) in [6.45, 7) is 5.75. The van der Waals surface area contributed by atoms with Gasteiger partial charge in [0, 0.05) is 37.7 Å². The molecule has 0 aromatic heterocycles. The van der Waals surface area contributed by atoms with Gasteiger partial charge in [-0.25, -0.2) is 0 Å². The lowest BCUT2D eigenvalue weighted by molar-refractivity contribution is -0.167. The van der Waals surface area contributed by atoms with Crippen molar-refractivity contribution in [3.63, 3.8) is 0 Å². The minimum Gasteiger partial charge on any atom is -0.493 e. The minimum absolute atomic E-state index is 0.00597. The summed E-state index contributed by atoms with van der Waals surface area (Å²) >= 11 is 6.17. The van der Waals surface area contributed by atoms with Gasteiger partial charge in [-0.3, -0.25) is 9.59 Å².